The molecule has 0 unspecified atom stereocenters. The number of anilines is 1. The number of nitrogens with zero attached hydrogens (tertiary/aromatic N) is 2. The third kappa shape index (κ3) is 4.31. The third-order valence-electron chi connectivity index (χ3n) is 3.54. The highest BCUT2D eigenvalue weighted by molar-refractivity contribution is 7.99. The fourth-order valence-corrected chi connectivity index (χ4v) is 3.01. The van der Waals surface area contributed by atoms with Gasteiger partial charge in [0.1, 0.15) is 5.75 Å². The van der Waals surface area contributed by atoms with Gasteiger partial charge in [-0.15, -0.1) is 0 Å². The van der Waals surface area contributed by atoms with Gasteiger partial charge in [0.2, 0.25) is 5.91 Å². The number of carbonyl (C=O) groups excluding carboxylic acids is 1. The Morgan fingerprint density at radius 2 is 2.00 bits per heavy atom. The van der Waals surface area contributed by atoms with E-state index < -0.39 is 0 Å². The molecule has 26 heavy (non-hydrogen) atoms. The lowest BCUT2D eigenvalue weighted by Crippen LogP contribution is -2.22. The Morgan fingerprint density at radius 1 is 1.19 bits per heavy atom. The molecule has 0 aliphatic rings. The van der Waals surface area contributed by atoms with Crippen LogP contribution in [0.15, 0.2) is 76.8 Å². The van der Waals surface area contributed by atoms with Gasteiger partial charge in [-0.05, 0) is 24.3 Å². The van der Waals surface area contributed by atoms with Crippen LogP contribution in [0.3, 0.4) is 0 Å². The minimum absolute atomic E-state index is 0.0816. The van der Waals surface area contributed by atoms with Gasteiger partial charge in [0, 0.05) is 29.8 Å². The second kappa shape index (κ2) is 8.35. The highest BCUT2D eigenvalue weighted by Gasteiger charge is 2.10. The van der Waals surface area contributed by atoms with Gasteiger partial charge in [-0.25, -0.2) is 4.98 Å². The average Bonchev–Trinajstić information content (AvgIpc) is 2.68. The zero-order valence-corrected chi connectivity index (χ0v) is 14.9. The molecule has 0 aliphatic carbocycles. The number of rotatable bonds is 6. The number of carbonyl (C=O) groups is 1. The minimum atomic E-state index is -0.252. The fourth-order valence-electron chi connectivity index (χ4n) is 2.32. The maximum Gasteiger partial charge on any atom is 0.287 e. The van der Waals surface area contributed by atoms with Crippen LogP contribution in [0.1, 0.15) is 0 Å². The molecule has 0 radical (unpaired) electrons. The number of benzene rings is 2. The van der Waals surface area contributed by atoms with Gasteiger partial charge in [-0.3, -0.25) is 14.2 Å². The highest BCUT2D eigenvalue weighted by atomic mass is 32.2. The van der Waals surface area contributed by atoms with Gasteiger partial charge < -0.3 is 10.1 Å². The summed E-state index contributed by atoms with van der Waals surface area (Å²) in [5.41, 5.74) is 1.14. The van der Waals surface area contributed by atoms with Gasteiger partial charge in [0.05, 0.1) is 12.9 Å². The molecule has 1 aromatic heterocycles. The van der Waals surface area contributed by atoms with E-state index in [0.29, 0.717) is 11.4 Å². The first-order valence-electron chi connectivity index (χ1n) is 7.87. The Morgan fingerprint density at radius 3 is 2.77 bits per heavy atom. The van der Waals surface area contributed by atoms with Crippen LogP contribution < -0.4 is 15.6 Å². The molecule has 3 rings (SSSR count). The lowest BCUT2D eigenvalue weighted by Gasteiger charge is -2.08. The third-order valence-corrected chi connectivity index (χ3v) is 4.50. The van der Waals surface area contributed by atoms with E-state index in [-0.39, 0.29) is 22.2 Å². The molecule has 0 saturated carbocycles. The summed E-state index contributed by atoms with van der Waals surface area (Å²) in [7, 11) is 1.57. The van der Waals surface area contributed by atoms with E-state index in [2.05, 4.69) is 10.3 Å². The molecule has 132 valence electrons. The predicted octanol–water partition coefficient (Wildman–Crippen LogP) is 2.97. The Bertz CT molecular complexity index is 957. The summed E-state index contributed by atoms with van der Waals surface area (Å²) in [6, 6.07) is 16.4. The molecule has 0 bridgehead atoms. The second-order valence-corrected chi connectivity index (χ2v) is 6.28. The largest absolute Gasteiger partial charge is 0.497 e. The van der Waals surface area contributed by atoms with E-state index in [4.69, 9.17) is 4.74 Å². The molecule has 7 heteroatoms. The predicted molar refractivity (Wildman–Crippen MR) is 102 cm³/mol. The Labute approximate surface area is 154 Å². The molecule has 1 N–H and O–H groups in total. The summed E-state index contributed by atoms with van der Waals surface area (Å²) in [5.74, 6) is 0.517. The van der Waals surface area contributed by atoms with E-state index in [1.54, 1.807) is 43.8 Å². The molecule has 0 spiro atoms. The van der Waals surface area contributed by atoms with E-state index in [9.17, 15) is 9.59 Å². The summed E-state index contributed by atoms with van der Waals surface area (Å²) >= 11 is 1.11. The van der Waals surface area contributed by atoms with E-state index >= 15 is 0 Å². The van der Waals surface area contributed by atoms with E-state index in [1.807, 2.05) is 30.3 Å². The first-order chi connectivity index (χ1) is 12.7. The van der Waals surface area contributed by atoms with Crippen molar-refractivity contribution in [2.24, 2.45) is 0 Å². The summed E-state index contributed by atoms with van der Waals surface area (Å²) in [6.45, 7) is 0. The summed E-state index contributed by atoms with van der Waals surface area (Å²) < 4.78 is 6.64. The van der Waals surface area contributed by atoms with Crippen LogP contribution >= 0.6 is 11.8 Å². The van der Waals surface area contributed by atoms with Crippen molar-refractivity contribution in [1.29, 1.82) is 0 Å². The van der Waals surface area contributed by atoms with Crippen molar-refractivity contribution in [3.63, 3.8) is 0 Å². The Kier molecular flexibility index (Phi) is 5.70. The molecule has 0 saturated heterocycles. The van der Waals surface area contributed by atoms with Crippen LogP contribution in [0.2, 0.25) is 0 Å². The summed E-state index contributed by atoms with van der Waals surface area (Å²) in [4.78, 5) is 28.8. The quantitative estimate of drug-likeness (QED) is 0.678. The van der Waals surface area contributed by atoms with Gasteiger partial charge in [-0.2, -0.15) is 0 Å². The van der Waals surface area contributed by atoms with Crippen molar-refractivity contribution in [3.8, 4) is 11.4 Å². The van der Waals surface area contributed by atoms with Crippen LogP contribution in [0.25, 0.3) is 5.69 Å². The standard InChI is InChI=1S/C19H17N3O3S/c1-25-16-9-5-6-14(12-16)21-17(23)13-26-18-19(24)22(11-10-20-18)15-7-3-2-4-8-15/h2-12H,13H2,1H3,(H,21,23). The smallest absolute Gasteiger partial charge is 0.287 e. The topological polar surface area (TPSA) is 73.2 Å². The number of para-hydroxylation sites is 1. The van der Waals surface area contributed by atoms with Gasteiger partial charge >= 0.3 is 0 Å². The number of aromatic nitrogens is 2. The molecule has 2 aromatic carbocycles. The van der Waals surface area contributed by atoms with Gasteiger partial charge in [-0.1, -0.05) is 36.0 Å². The zero-order valence-electron chi connectivity index (χ0n) is 14.1. The molecule has 6 nitrogen and oxygen atoms in total. The number of thioether (sulfide) groups is 1. The van der Waals surface area contributed by atoms with Crippen molar-refractivity contribution >= 4 is 23.4 Å². The minimum Gasteiger partial charge on any atom is -0.497 e. The monoisotopic (exact) mass is 367 g/mol. The number of hydrogen-bond acceptors (Lipinski definition) is 5. The van der Waals surface area contributed by atoms with Crippen molar-refractivity contribution in [3.05, 3.63) is 77.3 Å². The van der Waals surface area contributed by atoms with Gasteiger partial charge in [0.15, 0.2) is 5.03 Å². The number of methoxy groups -OCH3 is 1. The Hall–Kier alpha value is -3.06. The lowest BCUT2D eigenvalue weighted by molar-refractivity contribution is -0.113. The van der Waals surface area contributed by atoms with Crippen LogP contribution in [0.4, 0.5) is 5.69 Å². The number of nitrogens with one attached hydrogen (secondary N) is 1. The molecular formula is C19H17N3O3S. The van der Waals surface area contributed by atoms with Gasteiger partial charge in [0.25, 0.3) is 5.56 Å². The normalized spacial score (nSPS) is 10.3. The summed E-state index contributed by atoms with van der Waals surface area (Å²) in [6.07, 6.45) is 3.16. The molecule has 3 aromatic rings. The lowest BCUT2D eigenvalue weighted by atomic mass is 10.3. The van der Waals surface area contributed by atoms with Crippen molar-refractivity contribution in [1.82, 2.24) is 9.55 Å². The first kappa shape index (κ1) is 17.8. The maximum atomic E-state index is 12.6. The molecule has 1 amide bonds. The van der Waals surface area contributed by atoms with Crippen LogP contribution in [-0.2, 0) is 4.79 Å². The Balaban J connectivity index is 1.68. The van der Waals surface area contributed by atoms with Crippen LogP contribution in [0.5, 0.6) is 5.75 Å². The number of amides is 1. The molecular weight excluding hydrogens is 350 g/mol. The van der Waals surface area contributed by atoms with Crippen LogP contribution in [-0.4, -0.2) is 28.3 Å². The number of hydrogen-bond donors (Lipinski definition) is 1. The first-order valence-corrected chi connectivity index (χ1v) is 8.86. The molecule has 0 atom stereocenters. The number of ether oxygens (including phenoxy) is 1. The van der Waals surface area contributed by atoms with Crippen molar-refractivity contribution in [2.45, 2.75) is 5.03 Å². The highest BCUT2D eigenvalue weighted by Crippen LogP contribution is 2.18. The molecule has 0 fully saturated rings. The summed E-state index contributed by atoms with van der Waals surface area (Å²) in [5, 5.41) is 3.05. The maximum absolute atomic E-state index is 12.6. The SMILES string of the molecule is COc1cccc(NC(=O)CSc2nccn(-c3ccccc3)c2=O)c1. The zero-order chi connectivity index (χ0) is 18.4. The average molecular weight is 367 g/mol. The molecule has 1 heterocycles. The van der Waals surface area contributed by atoms with E-state index in [1.165, 1.54) is 4.57 Å². The molecule has 0 aliphatic heterocycles. The van der Waals surface area contributed by atoms with Crippen molar-refractivity contribution < 1.29 is 9.53 Å². The van der Waals surface area contributed by atoms with E-state index in [0.717, 1.165) is 17.4 Å². The second-order valence-electron chi connectivity index (χ2n) is 5.31. The van der Waals surface area contributed by atoms with Crippen molar-refractivity contribution in [2.75, 3.05) is 18.2 Å². The van der Waals surface area contributed by atoms with Crippen LogP contribution in [0, 0.1) is 0 Å². The fraction of sp³-hybridized carbons (Fsp3) is 0.105.